The van der Waals surface area contributed by atoms with E-state index in [1.165, 1.54) is 0 Å². The SMILES string of the molecule is O=C(c1n[nH]c2ccccc12)N1CCCC(c2nccn2Cc2ccccn2)C1. The van der Waals surface area contributed by atoms with Gasteiger partial charge in [0.1, 0.15) is 5.82 Å². The van der Waals surface area contributed by atoms with Crippen molar-refractivity contribution < 1.29 is 4.79 Å². The third-order valence-corrected chi connectivity index (χ3v) is 5.55. The summed E-state index contributed by atoms with van der Waals surface area (Å²) < 4.78 is 2.14. The lowest BCUT2D eigenvalue weighted by atomic mass is 9.96. The number of likely N-dealkylation sites (tertiary alicyclic amines) is 1. The highest BCUT2D eigenvalue weighted by atomic mass is 16.2. The largest absolute Gasteiger partial charge is 0.337 e. The van der Waals surface area contributed by atoms with E-state index < -0.39 is 0 Å². The van der Waals surface area contributed by atoms with Gasteiger partial charge in [0.15, 0.2) is 5.69 Å². The van der Waals surface area contributed by atoms with Crippen LogP contribution in [0.1, 0.15) is 40.8 Å². The number of fused-ring (bicyclic) bond motifs is 1. The number of aromatic nitrogens is 5. The molecule has 1 amide bonds. The summed E-state index contributed by atoms with van der Waals surface area (Å²) in [7, 11) is 0. The van der Waals surface area contributed by atoms with Gasteiger partial charge in [-0.25, -0.2) is 4.98 Å². The number of hydrogen-bond acceptors (Lipinski definition) is 4. The molecule has 0 spiro atoms. The van der Waals surface area contributed by atoms with Gasteiger partial charge in [0.2, 0.25) is 0 Å². The molecule has 1 saturated heterocycles. The summed E-state index contributed by atoms with van der Waals surface area (Å²) in [5.41, 5.74) is 2.38. The van der Waals surface area contributed by atoms with Crippen LogP contribution in [0.3, 0.4) is 0 Å². The Morgan fingerprint density at radius 3 is 2.90 bits per heavy atom. The lowest BCUT2D eigenvalue weighted by molar-refractivity contribution is 0.0699. The van der Waals surface area contributed by atoms with Crippen molar-refractivity contribution in [2.45, 2.75) is 25.3 Å². The molecule has 1 fully saturated rings. The third-order valence-electron chi connectivity index (χ3n) is 5.55. The Morgan fingerprint density at radius 1 is 1.10 bits per heavy atom. The third kappa shape index (κ3) is 3.40. The molecule has 4 aromatic rings. The molecule has 7 heteroatoms. The first-order chi connectivity index (χ1) is 14.3. The first-order valence-corrected chi connectivity index (χ1v) is 9.93. The molecule has 1 unspecified atom stereocenters. The number of piperidine rings is 1. The lowest BCUT2D eigenvalue weighted by Gasteiger charge is -2.32. The number of benzene rings is 1. The summed E-state index contributed by atoms with van der Waals surface area (Å²) in [6.45, 7) is 2.08. The van der Waals surface area contributed by atoms with Gasteiger partial charge in [-0.3, -0.25) is 14.9 Å². The topological polar surface area (TPSA) is 79.7 Å². The molecule has 0 bridgehead atoms. The second-order valence-electron chi connectivity index (χ2n) is 7.44. The molecule has 146 valence electrons. The van der Waals surface area contributed by atoms with Gasteiger partial charge in [-0.1, -0.05) is 24.3 Å². The van der Waals surface area contributed by atoms with Gasteiger partial charge in [-0.15, -0.1) is 0 Å². The van der Waals surface area contributed by atoms with E-state index in [9.17, 15) is 4.79 Å². The summed E-state index contributed by atoms with van der Waals surface area (Å²) in [6.07, 6.45) is 7.60. The molecule has 3 aromatic heterocycles. The van der Waals surface area contributed by atoms with Crippen LogP contribution >= 0.6 is 0 Å². The summed E-state index contributed by atoms with van der Waals surface area (Å²) in [4.78, 5) is 24.1. The fourth-order valence-corrected chi connectivity index (χ4v) is 4.13. The van der Waals surface area contributed by atoms with Crippen molar-refractivity contribution >= 4 is 16.8 Å². The van der Waals surface area contributed by atoms with E-state index >= 15 is 0 Å². The average Bonchev–Trinajstić information content (AvgIpc) is 3.41. The van der Waals surface area contributed by atoms with Gasteiger partial charge in [-0.2, -0.15) is 5.10 Å². The van der Waals surface area contributed by atoms with E-state index in [4.69, 9.17) is 0 Å². The fraction of sp³-hybridized carbons (Fsp3) is 0.273. The predicted octanol–water partition coefficient (Wildman–Crippen LogP) is 3.22. The number of nitrogens with zero attached hydrogens (tertiary/aromatic N) is 5. The predicted molar refractivity (Wildman–Crippen MR) is 110 cm³/mol. The Morgan fingerprint density at radius 2 is 2.00 bits per heavy atom. The number of amides is 1. The van der Waals surface area contributed by atoms with E-state index in [0.717, 1.165) is 41.8 Å². The van der Waals surface area contributed by atoms with Crippen molar-refractivity contribution in [2.24, 2.45) is 0 Å². The molecular formula is C22H22N6O. The molecule has 0 aliphatic carbocycles. The number of carbonyl (C=O) groups is 1. The highest BCUT2D eigenvalue weighted by Crippen LogP contribution is 2.28. The maximum atomic E-state index is 13.2. The summed E-state index contributed by atoms with van der Waals surface area (Å²) in [6, 6.07) is 13.7. The smallest absolute Gasteiger partial charge is 0.275 e. The van der Waals surface area contributed by atoms with Gasteiger partial charge in [-0.05, 0) is 31.0 Å². The van der Waals surface area contributed by atoms with Crippen LogP contribution in [0.2, 0.25) is 0 Å². The van der Waals surface area contributed by atoms with Gasteiger partial charge in [0, 0.05) is 43.0 Å². The second kappa shape index (κ2) is 7.50. The quantitative estimate of drug-likeness (QED) is 0.584. The zero-order chi connectivity index (χ0) is 19.6. The summed E-state index contributed by atoms with van der Waals surface area (Å²) in [5, 5.41) is 8.12. The van der Waals surface area contributed by atoms with Gasteiger partial charge >= 0.3 is 0 Å². The first kappa shape index (κ1) is 17.6. The fourth-order valence-electron chi connectivity index (χ4n) is 4.13. The number of nitrogens with one attached hydrogen (secondary N) is 1. The van der Waals surface area contributed by atoms with Crippen molar-refractivity contribution in [3.05, 3.63) is 78.3 Å². The molecule has 0 radical (unpaired) electrons. The Kier molecular flexibility index (Phi) is 4.56. The standard InChI is InChI=1S/C22H22N6O/c29-22(20-18-8-1-2-9-19(18)25-26-20)28-12-5-6-16(14-28)21-24-11-13-27(21)15-17-7-3-4-10-23-17/h1-4,7-11,13,16H,5-6,12,14-15H2,(H,25,26). The highest BCUT2D eigenvalue weighted by molar-refractivity contribution is 6.04. The van der Waals surface area contributed by atoms with Crippen LogP contribution in [0.15, 0.2) is 61.1 Å². The van der Waals surface area contributed by atoms with Crippen LogP contribution in [0.5, 0.6) is 0 Å². The van der Waals surface area contributed by atoms with E-state index in [-0.39, 0.29) is 11.8 Å². The molecule has 1 aliphatic rings. The number of pyridine rings is 1. The van der Waals surface area contributed by atoms with E-state index in [1.807, 2.05) is 59.8 Å². The molecule has 0 saturated carbocycles. The normalized spacial score (nSPS) is 17.0. The maximum Gasteiger partial charge on any atom is 0.275 e. The minimum Gasteiger partial charge on any atom is -0.337 e. The number of hydrogen-bond donors (Lipinski definition) is 1. The van der Waals surface area contributed by atoms with Crippen LogP contribution in [0, 0.1) is 0 Å². The molecule has 1 aromatic carbocycles. The molecule has 7 nitrogen and oxygen atoms in total. The number of para-hydroxylation sites is 1. The van der Waals surface area contributed by atoms with Crippen molar-refractivity contribution in [1.82, 2.24) is 29.6 Å². The Bertz CT molecular complexity index is 1130. The molecule has 1 aliphatic heterocycles. The van der Waals surface area contributed by atoms with E-state index in [2.05, 4.69) is 24.7 Å². The van der Waals surface area contributed by atoms with Crippen LogP contribution in [-0.2, 0) is 6.54 Å². The Hall–Kier alpha value is -3.48. The molecule has 4 heterocycles. The molecule has 5 rings (SSSR count). The van der Waals surface area contributed by atoms with Crippen LogP contribution < -0.4 is 0 Å². The molecule has 1 N–H and O–H groups in total. The Balaban J connectivity index is 1.36. The van der Waals surface area contributed by atoms with Gasteiger partial charge in [0.25, 0.3) is 5.91 Å². The minimum atomic E-state index is -0.0185. The first-order valence-electron chi connectivity index (χ1n) is 9.93. The molecular weight excluding hydrogens is 364 g/mol. The van der Waals surface area contributed by atoms with E-state index in [0.29, 0.717) is 18.8 Å². The monoisotopic (exact) mass is 386 g/mol. The number of aromatic amines is 1. The van der Waals surface area contributed by atoms with Gasteiger partial charge < -0.3 is 9.47 Å². The van der Waals surface area contributed by atoms with Crippen molar-refractivity contribution in [3.8, 4) is 0 Å². The summed E-state index contributed by atoms with van der Waals surface area (Å²) in [5.74, 6) is 1.20. The van der Waals surface area contributed by atoms with Gasteiger partial charge in [0.05, 0.1) is 17.8 Å². The maximum absolute atomic E-state index is 13.2. The minimum absolute atomic E-state index is 0.0185. The Labute approximate surface area is 168 Å². The number of imidazole rings is 1. The number of rotatable bonds is 4. The van der Waals surface area contributed by atoms with Crippen LogP contribution in [0.25, 0.3) is 10.9 Å². The van der Waals surface area contributed by atoms with Crippen molar-refractivity contribution in [1.29, 1.82) is 0 Å². The second-order valence-corrected chi connectivity index (χ2v) is 7.44. The zero-order valence-electron chi connectivity index (χ0n) is 16.0. The van der Waals surface area contributed by atoms with Crippen molar-refractivity contribution in [2.75, 3.05) is 13.1 Å². The molecule has 29 heavy (non-hydrogen) atoms. The highest BCUT2D eigenvalue weighted by Gasteiger charge is 2.29. The van der Waals surface area contributed by atoms with Crippen LogP contribution in [0.4, 0.5) is 0 Å². The molecule has 1 atom stereocenters. The van der Waals surface area contributed by atoms with Crippen LogP contribution in [-0.4, -0.2) is 48.6 Å². The average molecular weight is 386 g/mol. The summed E-state index contributed by atoms with van der Waals surface area (Å²) >= 11 is 0. The zero-order valence-corrected chi connectivity index (χ0v) is 16.0. The number of H-pyrrole nitrogens is 1. The van der Waals surface area contributed by atoms with Crippen molar-refractivity contribution in [3.63, 3.8) is 0 Å². The van der Waals surface area contributed by atoms with E-state index in [1.54, 1.807) is 6.20 Å². The number of carbonyl (C=O) groups excluding carboxylic acids is 1. The lowest BCUT2D eigenvalue weighted by Crippen LogP contribution is -2.40.